The number of hydrogen-bond donors (Lipinski definition) is 1. The number of rotatable bonds is 4. The summed E-state index contributed by atoms with van der Waals surface area (Å²) in [7, 11) is 1.89. The Bertz CT molecular complexity index is 1210. The second kappa shape index (κ2) is 7.56. The van der Waals surface area contributed by atoms with E-state index in [4.69, 9.17) is 0 Å². The molecule has 146 valence electrons. The number of benzene rings is 2. The highest BCUT2D eigenvalue weighted by molar-refractivity contribution is 7.20. The highest BCUT2D eigenvalue weighted by Crippen LogP contribution is 2.37. The van der Waals surface area contributed by atoms with Crippen molar-refractivity contribution in [2.24, 2.45) is 0 Å². The minimum absolute atomic E-state index is 0.0824. The summed E-state index contributed by atoms with van der Waals surface area (Å²) in [6.45, 7) is 1.81. The molecule has 0 radical (unpaired) electrons. The second-order valence-corrected chi connectivity index (χ2v) is 7.41. The molecule has 4 rings (SSSR count). The summed E-state index contributed by atoms with van der Waals surface area (Å²) < 4.78 is 27.0. The van der Waals surface area contributed by atoms with E-state index in [9.17, 15) is 13.6 Å². The molecule has 0 saturated heterocycles. The van der Waals surface area contributed by atoms with Gasteiger partial charge in [0.2, 0.25) is 0 Å². The van der Waals surface area contributed by atoms with Crippen LogP contribution in [0.15, 0.2) is 54.9 Å². The number of thiophene rings is 1. The molecule has 8 heteroatoms. The van der Waals surface area contributed by atoms with E-state index in [0.717, 1.165) is 23.2 Å². The zero-order valence-electron chi connectivity index (χ0n) is 15.6. The van der Waals surface area contributed by atoms with Crippen molar-refractivity contribution in [3.05, 3.63) is 76.9 Å². The van der Waals surface area contributed by atoms with Crippen LogP contribution in [0.1, 0.15) is 15.2 Å². The first-order chi connectivity index (χ1) is 14.0. The number of carbonyl (C=O) groups is 1. The van der Waals surface area contributed by atoms with Gasteiger partial charge in [-0.3, -0.25) is 4.79 Å². The summed E-state index contributed by atoms with van der Waals surface area (Å²) in [5, 5.41) is 3.26. The number of hydrogen-bond acceptors (Lipinski definition) is 5. The van der Waals surface area contributed by atoms with E-state index in [1.807, 2.05) is 42.3 Å². The fraction of sp³-hybridized carbons (Fsp3) is 0.0952. The Morgan fingerprint density at radius 1 is 1.10 bits per heavy atom. The fourth-order valence-corrected chi connectivity index (χ4v) is 4.11. The summed E-state index contributed by atoms with van der Waals surface area (Å²) in [6.07, 6.45) is 1.45. The van der Waals surface area contributed by atoms with Crippen LogP contribution in [0.5, 0.6) is 0 Å². The van der Waals surface area contributed by atoms with Crippen molar-refractivity contribution in [1.29, 1.82) is 0 Å². The van der Waals surface area contributed by atoms with Gasteiger partial charge in [0.15, 0.2) is 0 Å². The van der Waals surface area contributed by atoms with Crippen LogP contribution in [-0.4, -0.2) is 22.9 Å². The van der Waals surface area contributed by atoms with Gasteiger partial charge in [-0.1, -0.05) is 18.2 Å². The Hall–Kier alpha value is -3.39. The first-order valence-electron chi connectivity index (χ1n) is 8.75. The molecule has 0 aliphatic rings. The van der Waals surface area contributed by atoms with Gasteiger partial charge in [0.05, 0.1) is 16.0 Å². The van der Waals surface area contributed by atoms with Crippen LogP contribution in [0.25, 0.3) is 10.2 Å². The number of carbonyl (C=O) groups excluding carboxylic acids is 1. The van der Waals surface area contributed by atoms with E-state index in [1.165, 1.54) is 23.7 Å². The Balaban J connectivity index is 1.73. The van der Waals surface area contributed by atoms with E-state index in [-0.39, 0.29) is 5.69 Å². The lowest BCUT2D eigenvalue weighted by molar-refractivity contribution is 0.102. The molecule has 2 aromatic carbocycles. The van der Waals surface area contributed by atoms with Gasteiger partial charge in [0.1, 0.15) is 28.6 Å². The molecule has 0 saturated carbocycles. The lowest BCUT2D eigenvalue weighted by Crippen LogP contribution is -2.13. The zero-order valence-corrected chi connectivity index (χ0v) is 16.4. The number of halogens is 2. The molecule has 0 fully saturated rings. The molecule has 4 aromatic rings. The number of aryl methyl sites for hydroxylation is 1. The average Bonchev–Trinajstić information content (AvgIpc) is 3.07. The first-order valence-corrected chi connectivity index (χ1v) is 9.56. The Morgan fingerprint density at radius 2 is 1.86 bits per heavy atom. The van der Waals surface area contributed by atoms with Crippen molar-refractivity contribution >= 4 is 44.7 Å². The maximum atomic E-state index is 13.9. The molecule has 0 bridgehead atoms. The Kier molecular flexibility index (Phi) is 4.94. The molecule has 0 aliphatic heterocycles. The van der Waals surface area contributed by atoms with Gasteiger partial charge < -0.3 is 10.2 Å². The number of fused-ring (bicyclic) bond motifs is 1. The quantitative estimate of drug-likeness (QED) is 0.496. The van der Waals surface area contributed by atoms with Gasteiger partial charge in [0, 0.05) is 18.8 Å². The first kappa shape index (κ1) is 18.9. The molecule has 0 atom stereocenters. The molecule has 29 heavy (non-hydrogen) atoms. The van der Waals surface area contributed by atoms with Gasteiger partial charge >= 0.3 is 0 Å². The van der Waals surface area contributed by atoms with Gasteiger partial charge in [-0.15, -0.1) is 11.3 Å². The normalized spacial score (nSPS) is 10.9. The van der Waals surface area contributed by atoms with Crippen LogP contribution in [-0.2, 0) is 0 Å². The number of anilines is 3. The Morgan fingerprint density at radius 3 is 2.59 bits per heavy atom. The largest absolute Gasteiger partial charge is 0.329 e. The standard InChI is InChI=1S/C21H16F2N4OS/c1-12-17-19(27(2)14-6-4-3-5-7-14)24-11-25-21(17)29-18(12)20(28)26-16-9-8-13(22)10-15(16)23/h3-11H,1-2H3,(H,26,28). The maximum absolute atomic E-state index is 13.9. The number of nitrogens with one attached hydrogen (secondary N) is 1. The third-order valence-electron chi connectivity index (χ3n) is 4.55. The summed E-state index contributed by atoms with van der Waals surface area (Å²) in [4.78, 5) is 24.4. The third kappa shape index (κ3) is 3.54. The molecule has 5 nitrogen and oxygen atoms in total. The maximum Gasteiger partial charge on any atom is 0.266 e. The molecule has 0 spiro atoms. The average molecular weight is 410 g/mol. The lowest BCUT2D eigenvalue weighted by Gasteiger charge is -2.19. The fourth-order valence-electron chi connectivity index (χ4n) is 3.07. The van der Waals surface area contributed by atoms with Crippen molar-refractivity contribution < 1.29 is 13.6 Å². The molecular weight excluding hydrogens is 394 g/mol. The van der Waals surface area contributed by atoms with Crippen molar-refractivity contribution in [2.45, 2.75) is 6.92 Å². The molecule has 1 amide bonds. The lowest BCUT2D eigenvalue weighted by atomic mass is 10.1. The van der Waals surface area contributed by atoms with Crippen molar-refractivity contribution in [1.82, 2.24) is 9.97 Å². The number of amides is 1. The SMILES string of the molecule is Cc1c(C(=O)Nc2ccc(F)cc2F)sc2ncnc(N(C)c3ccccc3)c12. The molecule has 0 unspecified atom stereocenters. The van der Waals surface area contributed by atoms with Crippen molar-refractivity contribution in [3.8, 4) is 0 Å². The monoisotopic (exact) mass is 410 g/mol. The molecule has 0 aliphatic carbocycles. The van der Waals surface area contributed by atoms with Gasteiger partial charge in [-0.05, 0) is 36.8 Å². The van der Waals surface area contributed by atoms with Crippen LogP contribution < -0.4 is 10.2 Å². The second-order valence-electron chi connectivity index (χ2n) is 6.41. The summed E-state index contributed by atoms with van der Waals surface area (Å²) in [5.41, 5.74) is 1.56. The van der Waals surface area contributed by atoms with Gasteiger partial charge in [-0.2, -0.15) is 0 Å². The zero-order chi connectivity index (χ0) is 20.5. The van der Waals surface area contributed by atoms with Gasteiger partial charge in [-0.25, -0.2) is 18.7 Å². The summed E-state index contributed by atoms with van der Waals surface area (Å²) in [5.74, 6) is -1.35. The molecule has 1 N–H and O–H groups in total. The molecule has 2 heterocycles. The number of para-hydroxylation sites is 1. The smallest absolute Gasteiger partial charge is 0.266 e. The van der Waals surface area contributed by atoms with Crippen LogP contribution in [0, 0.1) is 18.6 Å². The number of nitrogens with zero attached hydrogens (tertiary/aromatic N) is 3. The molecule has 2 aromatic heterocycles. The van der Waals surface area contributed by atoms with Crippen molar-refractivity contribution in [2.75, 3.05) is 17.3 Å². The summed E-state index contributed by atoms with van der Waals surface area (Å²) >= 11 is 1.20. The van der Waals surface area contributed by atoms with Gasteiger partial charge in [0.25, 0.3) is 5.91 Å². The highest BCUT2D eigenvalue weighted by atomic mass is 32.1. The van der Waals surface area contributed by atoms with Crippen LogP contribution in [0.4, 0.5) is 26.0 Å². The highest BCUT2D eigenvalue weighted by Gasteiger charge is 2.22. The van der Waals surface area contributed by atoms with E-state index in [2.05, 4.69) is 15.3 Å². The molecular formula is C21H16F2N4OS. The van der Waals surface area contributed by atoms with E-state index >= 15 is 0 Å². The Labute approximate surface area is 169 Å². The van der Waals surface area contributed by atoms with Crippen molar-refractivity contribution in [3.63, 3.8) is 0 Å². The minimum atomic E-state index is -0.832. The van der Waals surface area contributed by atoms with Crippen LogP contribution >= 0.6 is 11.3 Å². The van der Waals surface area contributed by atoms with E-state index < -0.39 is 17.5 Å². The predicted octanol–water partition coefficient (Wildman–Crippen LogP) is 5.30. The summed E-state index contributed by atoms with van der Waals surface area (Å²) in [6, 6.07) is 12.7. The minimum Gasteiger partial charge on any atom is -0.329 e. The topological polar surface area (TPSA) is 58.1 Å². The predicted molar refractivity (Wildman–Crippen MR) is 111 cm³/mol. The van der Waals surface area contributed by atoms with Crippen LogP contribution in [0.3, 0.4) is 0 Å². The van der Waals surface area contributed by atoms with Crippen LogP contribution in [0.2, 0.25) is 0 Å². The third-order valence-corrected chi connectivity index (χ3v) is 5.75. The van der Waals surface area contributed by atoms with E-state index in [1.54, 1.807) is 6.92 Å². The van der Waals surface area contributed by atoms with E-state index in [0.29, 0.717) is 21.1 Å². The number of aromatic nitrogens is 2.